The van der Waals surface area contributed by atoms with Gasteiger partial charge in [-0.15, -0.1) is 0 Å². The minimum absolute atomic E-state index is 0.144. The molecule has 1 aromatic rings. The van der Waals surface area contributed by atoms with E-state index in [0.29, 0.717) is 18.2 Å². The molecule has 0 unspecified atom stereocenters. The SMILES string of the molecule is CCOC(=O)NCCC(=O)Nc1cc(C)on1. The number of nitrogens with zero attached hydrogens (tertiary/aromatic N) is 1. The maximum atomic E-state index is 11.4. The third-order valence-electron chi connectivity index (χ3n) is 1.79. The summed E-state index contributed by atoms with van der Waals surface area (Å²) in [6.45, 7) is 3.95. The van der Waals surface area contributed by atoms with E-state index in [2.05, 4.69) is 20.5 Å². The van der Waals surface area contributed by atoms with Crippen molar-refractivity contribution in [2.45, 2.75) is 20.3 Å². The van der Waals surface area contributed by atoms with Crippen LogP contribution in [0.3, 0.4) is 0 Å². The molecule has 0 radical (unpaired) electrons. The van der Waals surface area contributed by atoms with Crippen LogP contribution in [-0.2, 0) is 9.53 Å². The van der Waals surface area contributed by atoms with Gasteiger partial charge in [-0.25, -0.2) is 4.79 Å². The largest absolute Gasteiger partial charge is 0.450 e. The number of carbonyl (C=O) groups excluding carboxylic acids is 2. The average Bonchev–Trinajstić information content (AvgIpc) is 2.64. The van der Waals surface area contributed by atoms with Crippen molar-refractivity contribution in [2.75, 3.05) is 18.5 Å². The highest BCUT2D eigenvalue weighted by Crippen LogP contribution is 2.06. The van der Waals surface area contributed by atoms with Gasteiger partial charge >= 0.3 is 6.09 Å². The van der Waals surface area contributed by atoms with E-state index >= 15 is 0 Å². The van der Waals surface area contributed by atoms with Gasteiger partial charge in [-0.1, -0.05) is 5.16 Å². The third kappa shape index (κ3) is 5.01. The molecule has 2 N–H and O–H groups in total. The third-order valence-corrected chi connectivity index (χ3v) is 1.79. The Balaban J connectivity index is 2.19. The van der Waals surface area contributed by atoms with Crippen LogP contribution in [0, 0.1) is 6.92 Å². The highest BCUT2D eigenvalue weighted by atomic mass is 16.5. The Hall–Kier alpha value is -2.05. The number of amides is 2. The molecule has 0 aromatic carbocycles. The van der Waals surface area contributed by atoms with E-state index in [1.165, 1.54) is 0 Å². The normalized spacial score (nSPS) is 9.76. The van der Waals surface area contributed by atoms with E-state index in [1.54, 1.807) is 19.9 Å². The van der Waals surface area contributed by atoms with Crippen LogP contribution in [0.25, 0.3) is 0 Å². The molecule has 17 heavy (non-hydrogen) atoms. The van der Waals surface area contributed by atoms with Gasteiger partial charge in [0.2, 0.25) is 5.91 Å². The maximum absolute atomic E-state index is 11.4. The molecule has 0 aliphatic carbocycles. The number of carbonyl (C=O) groups is 2. The van der Waals surface area contributed by atoms with E-state index in [-0.39, 0.29) is 18.9 Å². The molecule has 1 heterocycles. The number of hydrogen-bond donors (Lipinski definition) is 2. The molecule has 7 heteroatoms. The molecule has 94 valence electrons. The zero-order valence-corrected chi connectivity index (χ0v) is 9.78. The number of ether oxygens (including phenoxy) is 1. The summed E-state index contributed by atoms with van der Waals surface area (Å²) in [5.74, 6) is 0.726. The zero-order valence-electron chi connectivity index (χ0n) is 9.78. The van der Waals surface area contributed by atoms with Gasteiger partial charge in [-0.05, 0) is 13.8 Å². The standard InChI is InChI=1S/C10H15N3O4/c1-3-16-10(15)11-5-4-9(14)12-8-6-7(2)17-13-8/h6H,3-5H2,1-2H3,(H,11,15)(H,12,13,14). The second-order valence-corrected chi connectivity index (χ2v) is 3.27. The smallest absolute Gasteiger partial charge is 0.407 e. The van der Waals surface area contributed by atoms with E-state index in [0.717, 1.165) is 0 Å². The van der Waals surface area contributed by atoms with Crippen LogP contribution in [0.2, 0.25) is 0 Å². The molecular formula is C10H15N3O4. The summed E-state index contributed by atoms with van der Waals surface area (Å²) >= 11 is 0. The summed E-state index contributed by atoms with van der Waals surface area (Å²) < 4.78 is 9.42. The summed E-state index contributed by atoms with van der Waals surface area (Å²) in [7, 11) is 0. The first-order valence-corrected chi connectivity index (χ1v) is 5.25. The Morgan fingerprint density at radius 3 is 2.88 bits per heavy atom. The predicted molar refractivity (Wildman–Crippen MR) is 59.5 cm³/mol. The lowest BCUT2D eigenvalue weighted by Crippen LogP contribution is -2.28. The molecule has 0 spiro atoms. The number of rotatable bonds is 5. The van der Waals surface area contributed by atoms with Crippen LogP contribution >= 0.6 is 0 Å². The first-order chi connectivity index (χ1) is 8.11. The van der Waals surface area contributed by atoms with Gasteiger partial charge in [0.05, 0.1) is 6.61 Å². The summed E-state index contributed by atoms with van der Waals surface area (Å²) in [4.78, 5) is 22.3. The summed E-state index contributed by atoms with van der Waals surface area (Å²) in [5, 5.41) is 8.58. The van der Waals surface area contributed by atoms with E-state index < -0.39 is 6.09 Å². The van der Waals surface area contributed by atoms with E-state index in [1.807, 2.05) is 0 Å². The molecule has 1 rings (SSSR count). The Morgan fingerprint density at radius 2 is 2.29 bits per heavy atom. The lowest BCUT2D eigenvalue weighted by atomic mass is 10.4. The van der Waals surface area contributed by atoms with Crippen molar-refractivity contribution >= 4 is 17.8 Å². The second kappa shape index (κ2) is 6.51. The van der Waals surface area contributed by atoms with Crippen molar-refractivity contribution in [1.82, 2.24) is 10.5 Å². The van der Waals surface area contributed by atoms with Gasteiger partial charge in [0.25, 0.3) is 0 Å². The molecular weight excluding hydrogens is 226 g/mol. The van der Waals surface area contributed by atoms with Gasteiger partial charge in [0.15, 0.2) is 5.82 Å². The lowest BCUT2D eigenvalue weighted by Gasteiger charge is -2.04. The number of aryl methyl sites for hydroxylation is 1. The van der Waals surface area contributed by atoms with Crippen LogP contribution < -0.4 is 10.6 Å². The van der Waals surface area contributed by atoms with E-state index in [4.69, 9.17) is 4.52 Å². The zero-order chi connectivity index (χ0) is 12.7. The van der Waals surface area contributed by atoms with Gasteiger partial charge in [0, 0.05) is 19.0 Å². The van der Waals surface area contributed by atoms with Gasteiger partial charge in [-0.3, -0.25) is 4.79 Å². The van der Waals surface area contributed by atoms with Crippen molar-refractivity contribution in [1.29, 1.82) is 0 Å². The molecule has 0 saturated heterocycles. The monoisotopic (exact) mass is 241 g/mol. The van der Waals surface area contributed by atoms with Gasteiger partial charge in [-0.2, -0.15) is 0 Å². The van der Waals surface area contributed by atoms with Crippen molar-refractivity contribution in [2.24, 2.45) is 0 Å². The first-order valence-electron chi connectivity index (χ1n) is 5.25. The molecule has 0 bridgehead atoms. The number of nitrogens with one attached hydrogen (secondary N) is 2. The quantitative estimate of drug-likeness (QED) is 0.803. The molecule has 0 atom stereocenters. The topological polar surface area (TPSA) is 93.5 Å². The maximum Gasteiger partial charge on any atom is 0.407 e. The Bertz CT molecular complexity index is 389. The van der Waals surface area contributed by atoms with Crippen molar-refractivity contribution in [3.05, 3.63) is 11.8 Å². The second-order valence-electron chi connectivity index (χ2n) is 3.27. The predicted octanol–water partition coefficient (Wildman–Crippen LogP) is 1.06. The van der Waals surface area contributed by atoms with Crippen molar-refractivity contribution in [3.8, 4) is 0 Å². The molecule has 1 aromatic heterocycles. The fourth-order valence-corrected chi connectivity index (χ4v) is 1.09. The summed E-state index contributed by atoms with van der Waals surface area (Å²) in [6.07, 6.45) is -0.386. The van der Waals surface area contributed by atoms with E-state index in [9.17, 15) is 9.59 Å². The summed E-state index contributed by atoms with van der Waals surface area (Å²) in [6, 6.07) is 1.61. The van der Waals surface area contributed by atoms with Crippen LogP contribution in [0.5, 0.6) is 0 Å². The number of hydrogen-bond acceptors (Lipinski definition) is 5. The number of alkyl carbamates (subject to hydrolysis) is 1. The van der Waals surface area contributed by atoms with Crippen LogP contribution in [-0.4, -0.2) is 30.3 Å². The molecule has 0 aliphatic heterocycles. The lowest BCUT2D eigenvalue weighted by molar-refractivity contribution is -0.116. The minimum atomic E-state index is -0.530. The highest BCUT2D eigenvalue weighted by Gasteiger charge is 2.07. The number of anilines is 1. The fraction of sp³-hybridized carbons (Fsp3) is 0.500. The Labute approximate surface area is 98.5 Å². The van der Waals surface area contributed by atoms with Crippen LogP contribution in [0.4, 0.5) is 10.6 Å². The Morgan fingerprint density at radius 1 is 1.53 bits per heavy atom. The van der Waals surface area contributed by atoms with Crippen LogP contribution in [0.15, 0.2) is 10.6 Å². The summed E-state index contributed by atoms with van der Waals surface area (Å²) in [5.41, 5.74) is 0. The minimum Gasteiger partial charge on any atom is -0.450 e. The molecule has 2 amide bonds. The fourth-order valence-electron chi connectivity index (χ4n) is 1.09. The molecule has 7 nitrogen and oxygen atoms in total. The molecule has 0 aliphatic rings. The average molecular weight is 241 g/mol. The highest BCUT2D eigenvalue weighted by molar-refractivity contribution is 5.90. The molecule has 0 fully saturated rings. The van der Waals surface area contributed by atoms with Gasteiger partial charge in [0.1, 0.15) is 5.76 Å². The van der Waals surface area contributed by atoms with Crippen molar-refractivity contribution < 1.29 is 18.8 Å². The van der Waals surface area contributed by atoms with Crippen LogP contribution in [0.1, 0.15) is 19.1 Å². The van der Waals surface area contributed by atoms with Gasteiger partial charge < -0.3 is 19.9 Å². The molecule has 0 saturated carbocycles. The first kappa shape index (κ1) is 13.0. The van der Waals surface area contributed by atoms with Crippen molar-refractivity contribution in [3.63, 3.8) is 0 Å². The Kier molecular flexibility index (Phi) is 4.99. The number of aromatic nitrogens is 1.